The maximum Gasteiger partial charge on any atom is 0.140 e. The number of piperidine rings is 1. The summed E-state index contributed by atoms with van der Waals surface area (Å²) >= 11 is 0. The van der Waals surface area contributed by atoms with E-state index in [2.05, 4.69) is 17.0 Å². The van der Waals surface area contributed by atoms with Gasteiger partial charge >= 0.3 is 0 Å². The quantitative estimate of drug-likeness (QED) is 0.281. The van der Waals surface area contributed by atoms with Crippen molar-refractivity contribution in [2.45, 2.75) is 45.1 Å². The standard InChI is InChI=1S/C12H25N3O2/c1-2-11(8-12(13)14-17)15-6-3-4-10(9-15)5-7-16/h10-11,16-17H,2-9H2,1H3,(H2,13,14). The van der Waals surface area contributed by atoms with E-state index >= 15 is 0 Å². The number of hydrogen-bond acceptors (Lipinski definition) is 4. The Kier molecular flexibility index (Phi) is 6.29. The Morgan fingerprint density at radius 3 is 2.94 bits per heavy atom. The van der Waals surface area contributed by atoms with Gasteiger partial charge in [-0.25, -0.2) is 0 Å². The Morgan fingerprint density at radius 2 is 2.35 bits per heavy atom. The molecule has 1 fully saturated rings. The van der Waals surface area contributed by atoms with Gasteiger partial charge in [-0.2, -0.15) is 0 Å². The minimum Gasteiger partial charge on any atom is -0.409 e. The lowest BCUT2D eigenvalue weighted by atomic mass is 9.93. The average Bonchev–Trinajstić information content (AvgIpc) is 2.36. The van der Waals surface area contributed by atoms with Crippen LogP contribution in [0.2, 0.25) is 0 Å². The van der Waals surface area contributed by atoms with Crippen molar-refractivity contribution in [3.8, 4) is 0 Å². The van der Waals surface area contributed by atoms with Crippen molar-refractivity contribution in [3.05, 3.63) is 0 Å². The fourth-order valence-corrected chi connectivity index (χ4v) is 2.66. The van der Waals surface area contributed by atoms with Gasteiger partial charge in [0.05, 0.1) is 0 Å². The van der Waals surface area contributed by atoms with Gasteiger partial charge in [-0.05, 0) is 38.1 Å². The van der Waals surface area contributed by atoms with Crippen LogP contribution in [0.3, 0.4) is 0 Å². The number of rotatable bonds is 6. The predicted octanol–water partition coefficient (Wildman–Crippen LogP) is 0.996. The van der Waals surface area contributed by atoms with E-state index in [1.807, 2.05) is 0 Å². The molecule has 1 saturated heterocycles. The number of amidine groups is 1. The molecule has 2 unspecified atom stereocenters. The van der Waals surface area contributed by atoms with Gasteiger partial charge in [0.2, 0.25) is 0 Å². The number of aliphatic hydroxyl groups is 1. The van der Waals surface area contributed by atoms with E-state index in [0.717, 1.165) is 25.9 Å². The molecule has 1 heterocycles. The van der Waals surface area contributed by atoms with Crippen LogP contribution < -0.4 is 5.73 Å². The maximum absolute atomic E-state index is 8.99. The summed E-state index contributed by atoms with van der Waals surface area (Å²) in [5.41, 5.74) is 5.58. The summed E-state index contributed by atoms with van der Waals surface area (Å²) in [7, 11) is 0. The fourth-order valence-electron chi connectivity index (χ4n) is 2.66. The molecule has 1 rings (SSSR count). The number of oxime groups is 1. The van der Waals surface area contributed by atoms with Gasteiger partial charge < -0.3 is 16.0 Å². The zero-order chi connectivity index (χ0) is 12.7. The van der Waals surface area contributed by atoms with Gasteiger partial charge in [0.1, 0.15) is 5.84 Å². The van der Waals surface area contributed by atoms with Crippen LogP contribution in [0, 0.1) is 5.92 Å². The average molecular weight is 243 g/mol. The zero-order valence-electron chi connectivity index (χ0n) is 10.7. The van der Waals surface area contributed by atoms with Crippen molar-refractivity contribution >= 4 is 5.84 Å². The predicted molar refractivity (Wildman–Crippen MR) is 68.1 cm³/mol. The zero-order valence-corrected chi connectivity index (χ0v) is 10.7. The number of aliphatic hydroxyl groups excluding tert-OH is 1. The summed E-state index contributed by atoms with van der Waals surface area (Å²) in [6.07, 6.45) is 4.89. The molecule has 100 valence electrons. The Morgan fingerprint density at radius 1 is 1.59 bits per heavy atom. The molecule has 17 heavy (non-hydrogen) atoms. The third-order valence-electron chi connectivity index (χ3n) is 3.65. The van der Waals surface area contributed by atoms with Crippen molar-refractivity contribution in [2.75, 3.05) is 19.7 Å². The van der Waals surface area contributed by atoms with Crippen LogP contribution in [0.25, 0.3) is 0 Å². The lowest BCUT2D eigenvalue weighted by Crippen LogP contribution is -2.44. The molecule has 5 heteroatoms. The van der Waals surface area contributed by atoms with E-state index in [1.165, 1.54) is 12.8 Å². The van der Waals surface area contributed by atoms with Crippen LogP contribution in [-0.4, -0.2) is 46.8 Å². The molecule has 0 bridgehead atoms. The molecule has 0 aromatic carbocycles. The van der Waals surface area contributed by atoms with E-state index in [1.54, 1.807) is 0 Å². The molecule has 0 aliphatic carbocycles. The van der Waals surface area contributed by atoms with Gasteiger partial charge in [0, 0.05) is 25.6 Å². The SMILES string of the molecule is CCC(CC(N)=NO)N1CCCC(CCO)C1. The normalized spacial score (nSPS) is 24.8. The van der Waals surface area contributed by atoms with Crippen molar-refractivity contribution in [2.24, 2.45) is 16.8 Å². The first kappa shape index (κ1) is 14.3. The van der Waals surface area contributed by atoms with E-state index in [-0.39, 0.29) is 6.61 Å². The number of nitrogens with two attached hydrogens (primary N) is 1. The van der Waals surface area contributed by atoms with Crippen LogP contribution in [0.5, 0.6) is 0 Å². The minimum absolute atomic E-state index is 0.273. The molecule has 2 atom stereocenters. The molecule has 1 aliphatic rings. The number of nitrogens with zero attached hydrogens (tertiary/aromatic N) is 2. The molecular weight excluding hydrogens is 218 g/mol. The first-order valence-corrected chi connectivity index (χ1v) is 6.52. The summed E-state index contributed by atoms with van der Waals surface area (Å²) in [6, 6.07) is 0.354. The van der Waals surface area contributed by atoms with Crippen LogP contribution in [0.15, 0.2) is 5.16 Å². The second kappa shape index (κ2) is 7.50. The summed E-state index contributed by atoms with van der Waals surface area (Å²) in [5, 5.41) is 20.7. The lowest BCUT2D eigenvalue weighted by Gasteiger charge is -2.37. The van der Waals surface area contributed by atoms with E-state index in [0.29, 0.717) is 24.2 Å². The topological polar surface area (TPSA) is 82.1 Å². The highest BCUT2D eigenvalue weighted by atomic mass is 16.4. The van der Waals surface area contributed by atoms with Gasteiger partial charge in [0.25, 0.3) is 0 Å². The molecule has 5 nitrogen and oxygen atoms in total. The van der Waals surface area contributed by atoms with Crippen LogP contribution in [-0.2, 0) is 0 Å². The summed E-state index contributed by atoms with van der Waals surface area (Å²) in [5.74, 6) is 0.899. The van der Waals surface area contributed by atoms with Gasteiger partial charge in [-0.1, -0.05) is 12.1 Å². The van der Waals surface area contributed by atoms with Crippen LogP contribution in [0.1, 0.15) is 39.0 Å². The molecule has 0 aromatic rings. The number of hydrogen-bond donors (Lipinski definition) is 3. The highest BCUT2D eigenvalue weighted by molar-refractivity contribution is 5.80. The highest BCUT2D eigenvalue weighted by Crippen LogP contribution is 2.23. The van der Waals surface area contributed by atoms with Gasteiger partial charge in [-0.3, -0.25) is 4.90 Å². The Labute approximate surface area is 103 Å². The summed E-state index contributed by atoms with van der Waals surface area (Å²) in [4.78, 5) is 2.42. The Bertz CT molecular complexity index is 244. The van der Waals surface area contributed by atoms with Crippen LogP contribution in [0.4, 0.5) is 0 Å². The highest BCUT2D eigenvalue weighted by Gasteiger charge is 2.25. The minimum atomic E-state index is 0.273. The molecule has 0 aromatic heterocycles. The molecular formula is C12H25N3O2. The van der Waals surface area contributed by atoms with E-state index in [4.69, 9.17) is 16.0 Å². The monoisotopic (exact) mass is 243 g/mol. The van der Waals surface area contributed by atoms with E-state index < -0.39 is 0 Å². The summed E-state index contributed by atoms with van der Waals surface area (Å²) in [6.45, 7) is 4.51. The fraction of sp³-hybridized carbons (Fsp3) is 0.917. The van der Waals surface area contributed by atoms with Crippen molar-refractivity contribution in [1.82, 2.24) is 4.90 Å². The van der Waals surface area contributed by atoms with Crippen LogP contribution >= 0.6 is 0 Å². The lowest BCUT2D eigenvalue weighted by molar-refractivity contribution is 0.107. The maximum atomic E-state index is 8.99. The van der Waals surface area contributed by atoms with Gasteiger partial charge in [0.15, 0.2) is 0 Å². The molecule has 0 spiro atoms. The Balaban J connectivity index is 2.50. The molecule has 0 saturated carbocycles. The molecule has 1 aliphatic heterocycles. The number of likely N-dealkylation sites (tertiary alicyclic amines) is 1. The third-order valence-corrected chi connectivity index (χ3v) is 3.65. The molecule has 4 N–H and O–H groups in total. The second-order valence-electron chi connectivity index (χ2n) is 4.87. The Hall–Kier alpha value is -0.810. The molecule has 0 radical (unpaired) electrons. The molecule has 0 amide bonds. The first-order chi connectivity index (χ1) is 8.21. The van der Waals surface area contributed by atoms with Crippen molar-refractivity contribution in [3.63, 3.8) is 0 Å². The van der Waals surface area contributed by atoms with Crippen molar-refractivity contribution in [1.29, 1.82) is 0 Å². The van der Waals surface area contributed by atoms with E-state index in [9.17, 15) is 0 Å². The first-order valence-electron chi connectivity index (χ1n) is 6.52. The summed E-state index contributed by atoms with van der Waals surface area (Å²) < 4.78 is 0. The largest absolute Gasteiger partial charge is 0.409 e. The third kappa shape index (κ3) is 4.52. The smallest absolute Gasteiger partial charge is 0.140 e. The second-order valence-corrected chi connectivity index (χ2v) is 4.87. The van der Waals surface area contributed by atoms with Crippen molar-refractivity contribution < 1.29 is 10.3 Å². The van der Waals surface area contributed by atoms with Gasteiger partial charge in [-0.15, -0.1) is 0 Å².